The molecule has 1 saturated heterocycles. The molecule has 200 valence electrons. The second-order valence-corrected chi connectivity index (χ2v) is 10.3. The van der Waals surface area contributed by atoms with Crippen molar-refractivity contribution in [2.75, 3.05) is 36.1 Å². The summed E-state index contributed by atoms with van der Waals surface area (Å²) < 4.78 is 16.4. The van der Waals surface area contributed by atoms with Gasteiger partial charge in [0.15, 0.2) is 5.82 Å². The molecule has 2 fully saturated rings. The van der Waals surface area contributed by atoms with Crippen LogP contribution < -0.4 is 16.0 Å². The highest BCUT2D eigenvalue weighted by Crippen LogP contribution is 2.29. The summed E-state index contributed by atoms with van der Waals surface area (Å²) in [4.78, 5) is 23.5. The van der Waals surface area contributed by atoms with Crippen LogP contribution in [0.4, 0.5) is 33.2 Å². The molecule has 0 atom stereocenters. The summed E-state index contributed by atoms with van der Waals surface area (Å²) in [6.45, 7) is 2.10. The first-order valence-electron chi connectivity index (χ1n) is 13.0. The summed E-state index contributed by atoms with van der Waals surface area (Å²) >= 11 is 6.34. The fourth-order valence-electron chi connectivity index (χ4n) is 4.85. The number of nitrogens with one attached hydrogen (secondary N) is 3. The first-order valence-corrected chi connectivity index (χ1v) is 13.4. The lowest BCUT2D eigenvalue weighted by Gasteiger charge is -2.28. The molecule has 3 heterocycles. The molecule has 0 radical (unpaired) electrons. The Balaban J connectivity index is 1.25. The van der Waals surface area contributed by atoms with Crippen LogP contribution in [0.1, 0.15) is 51.0 Å². The summed E-state index contributed by atoms with van der Waals surface area (Å²) in [6, 6.07) is 4.74. The van der Waals surface area contributed by atoms with Gasteiger partial charge < -0.3 is 20.9 Å². The van der Waals surface area contributed by atoms with E-state index < -0.39 is 5.82 Å². The van der Waals surface area contributed by atoms with Gasteiger partial charge in [0.2, 0.25) is 11.9 Å². The molecule has 1 amide bonds. The van der Waals surface area contributed by atoms with Gasteiger partial charge in [0, 0.05) is 18.0 Å². The van der Waals surface area contributed by atoms with E-state index in [1.165, 1.54) is 24.8 Å². The Labute approximate surface area is 226 Å². The number of piperidine rings is 1. The minimum Gasteiger partial charge on any atom is -0.339 e. The van der Waals surface area contributed by atoms with Crippen LogP contribution in [-0.2, 0) is 4.79 Å². The Morgan fingerprint density at radius 1 is 1.11 bits per heavy atom. The fraction of sp³-hybridized carbons (Fsp3) is 0.407. The summed E-state index contributed by atoms with van der Waals surface area (Å²) in [5, 5.41) is 13.7. The van der Waals surface area contributed by atoms with Crippen LogP contribution in [0.2, 0.25) is 5.02 Å². The predicted octanol–water partition coefficient (Wildman–Crippen LogP) is 6.05. The van der Waals surface area contributed by atoms with Gasteiger partial charge in [0.25, 0.3) is 0 Å². The molecule has 38 heavy (non-hydrogen) atoms. The third kappa shape index (κ3) is 6.68. The second kappa shape index (κ2) is 11.9. The minimum atomic E-state index is -0.524. The highest BCUT2D eigenvalue weighted by molar-refractivity contribution is 6.32. The smallest absolute Gasteiger partial charge is 0.248 e. The molecule has 1 saturated carbocycles. The summed E-state index contributed by atoms with van der Waals surface area (Å²) in [7, 11) is 2.13. The fourth-order valence-corrected chi connectivity index (χ4v) is 4.98. The average molecular weight is 539 g/mol. The largest absolute Gasteiger partial charge is 0.339 e. The highest BCUT2D eigenvalue weighted by Gasteiger charge is 2.19. The van der Waals surface area contributed by atoms with E-state index in [2.05, 4.69) is 43.0 Å². The van der Waals surface area contributed by atoms with Crippen LogP contribution in [0.25, 0.3) is 0 Å². The number of aromatic nitrogens is 4. The van der Waals surface area contributed by atoms with E-state index in [1.807, 2.05) is 10.9 Å². The molecule has 1 aliphatic carbocycles. The van der Waals surface area contributed by atoms with Crippen LogP contribution >= 0.6 is 11.6 Å². The summed E-state index contributed by atoms with van der Waals surface area (Å²) in [5.74, 6) is -0.163. The molecule has 2 aromatic heterocycles. The number of carbonyl (C=O) groups is 1. The Kier molecular flexibility index (Phi) is 8.19. The van der Waals surface area contributed by atoms with E-state index in [0.717, 1.165) is 62.9 Å². The van der Waals surface area contributed by atoms with E-state index in [9.17, 15) is 9.18 Å². The highest BCUT2D eigenvalue weighted by atomic mass is 35.5. The van der Waals surface area contributed by atoms with E-state index in [-0.39, 0.29) is 11.6 Å². The molecule has 1 aromatic carbocycles. The van der Waals surface area contributed by atoms with Crippen molar-refractivity contribution < 1.29 is 9.18 Å². The lowest BCUT2D eigenvalue weighted by molar-refractivity contribution is -0.112. The second-order valence-electron chi connectivity index (χ2n) is 9.93. The number of nitrogens with zero attached hydrogens (tertiary/aromatic N) is 5. The predicted molar refractivity (Wildman–Crippen MR) is 148 cm³/mol. The zero-order valence-electron chi connectivity index (χ0n) is 21.4. The molecular weight excluding hydrogens is 507 g/mol. The van der Waals surface area contributed by atoms with Crippen LogP contribution in [-0.4, -0.2) is 50.7 Å². The van der Waals surface area contributed by atoms with Gasteiger partial charge in [-0.3, -0.25) is 9.48 Å². The van der Waals surface area contributed by atoms with E-state index in [0.29, 0.717) is 28.5 Å². The number of hydrogen-bond donors (Lipinski definition) is 3. The molecule has 0 bridgehead atoms. The molecule has 1 aliphatic heterocycles. The third-order valence-corrected chi connectivity index (χ3v) is 7.26. The van der Waals surface area contributed by atoms with Gasteiger partial charge in [-0.15, -0.1) is 0 Å². The van der Waals surface area contributed by atoms with Gasteiger partial charge in [0.1, 0.15) is 10.8 Å². The van der Waals surface area contributed by atoms with Crippen molar-refractivity contribution in [1.82, 2.24) is 24.6 Å². The quantitative estimate of drug-likeness (QED) is 0.315. The van der Waals surface area contributed by atoms with Gasteiger partial charge in [-0.1, -0.05) is 23.6 Å². The Morgan fingerprint density at radius 2 is 1.89 bits per heavy atom. The first kappa shape index (κ1) is 26.1. The summed E-state index contributed by atoms with van der Waals surface area (Å²) in [5.41, 5.74) is 2.48. The molecule has 3 N–H and O–H groups in total. The number of carbonyl (C=O) groups excluding carboxylic acids is 1. The molecular formula is C27H32ClFN8O. The van der Waals surface area contributed by atoms with E-state index >= 15 is 0 Å². The Morgan fingerprint density at radius 3 is 2.68 bits per heavy atom. The van der Waals surface area contributed by atoms with Gasteiger partial charge in [-0.05, 0) is 76.9 Å². The van der Waals surface area contributed by atoms with E-state index in [1.54, 1.807) is 18.3 Å². The molecule has 5 rings (SSSR count). The number of anilines is 5. The topological polar surface area (TPSA) is 100 Å². The third-order valence-electron chi connectivity index (χ3n) is 6.98. The zero-order chi connectivity index (χ0) is 26.5. The maximum absolute atomic E-state index is 14.5. The van der Waals surface area contributed by atoms with Crippen molar-refractivity contribution in [2.45, 2.75) is 51.0 Å². The van der Waals surface area contributed by atoms with Crippen LogP contribution in [0.15, 0.2) is 48.4 Å². The Bertz CT molecular complexity index is 1310. The average Bonchev–Trinajstić information content (AvgIpc) is 3.37. The van der Waals surface area contributed by atoms with Gasteiger partial charge in [0.05, 0.1) is 29.8 Å². The van der Waals surface area contributed by atoms with Crippen molar-refractivity contribution in [1.29, 1.82) is 0 Å². The SMILES string of the molecule is CN1CCC(n2cc(Nc3ncc(Cl)c(Nc4ccc(F)c(NC(=O)C=C5CCCCC5)c4)n3)cn2)CC1. The van der Waals surface area contributed by atoms with Gasteiger partial charge in [-0.2, -0.15) is 10.1 Å². The van der Waals surface area contributed by atoms with Gasteiger partial charge in [-0.25, -0.2) is 9.37 Å². The van der Waals surface area contributed by atoms with Crippen molar-refractivity contribution in [2.24, 2.45) is 0 Å². The van der Waals surface area contributed by atoms with Crippen molar-refractivity contribution >= 4 is 46.3 Å². The minimum absolute atomic E-state index is 0.0810. The number of benzene rings is 1. The first-order chi connectivity index (χ1) is 18.4. The molecule has 3 aromatic rings. The normalized spacial score (nSPS) is 16.8. The zero-order valence-corrected chi connectivity index (χ0v) is 22.1. The molecule has 2 aliphatic rings. The van der Waals surface area contributed by atoms with Crippen LogP contribution in [0.3, 0.4) is 0 Å². The molecule has 0 spiro atoms. The maximum atomic E-state index is 14.5. The van der Waals surface area contributed by atoms with Gasteiger partial charge >= 0.3 is 0 Å². The number of rotatable bonds is 7. The van der Waals surface area contributed by atoms with Crippen molar-refractivity contribution in [3.63, 3.8) is 0 Å². The maximum Gasteiger partial charge on any atom is 0.248 e. The van der Waals surface area contributed by atoms with Crippen LogP contribution in [0, 0.1) is 5.82 Å². The lowest BCUT2D eigenvalue weighted by Crippen LogP contribution is -2.31. The number of likely N-dealkylation sites (tertiary alicyclic amines) is 1. The number of hydrogen-bond acceptors (Lipinski definition) is 7. The molecule has 0 unspecified atom stereocenters. The van der Waals surface area contributed by atoms with E-state index in [4.69, 9.17) is 11.6 Å². The standard InChI is InChI=1S/C27H32ClFN8O/c1-36-11-9-21(10-12-36)37-17-20(15-31-37)33-27-30-16-22(28)26(35-27)32-19-7-8-23(29)24(14-19)34-25(38)13-18-5-3-2-4-6-18/h7-8,13-17,21H,2-6,9-12H2,1H3,(H,34,38)(H2,30,32,33,35). The van der Waals surface area contributed by atoms with Crippen LogP contribution in [0.5, 0.6) is 0 Å². The molecule has 11 heteroatoms. The number of halogens is 2. The van der Waals surface area contributed by atoms with Crippen molar-refractivity contribution in [3.8, 4) is 0 Å². The Hall–Kier alpha value is -3.50. The number of allylic oxidation sites excluding steroid dienone is 1. The molecule has 9 nitrogen and oxygen atoms in total. The number of amides is 1. The van der Waals surface area contributed by atoms with Crippen molar-refractivity contribution in [3.05, 3.63) is 59.3 Å². The lowest BCUT2D eigenvalue weighted by atomic mass is 9.94. The monoisotopic (exact) mass is 538 g/mol. The summed E-state index contributed by atoms with van der Waals surface area (Å²) in [6.07, 6.45) is 14.1.